The van der Waals surface area contributed by atoms with Crippen LogP contribution in [-0.4, -0.2) is 0 Å². The van der Waals surface area contributed by atoms with Crippen LogP contribution < -0.4 is 49.6 Å². The van der Waals surface area contributed by atoms with Crippen molar-refractivity contribution >= 4 is 9.90 Å². The van der Waals surface area contributed by atoms with E-state index in [0.717, 1.165) is 0 Å². The predicted octanol–water partition coefficient (Wildman–Crippen LogP) is -12.2. The summed E-state index contributed by atoms with van der Waals surface area (Å²) in [7, 11) is 0. The van der Waals surface area contributed by atoms with Crippen LogP contribution in [0.4, 0.5) is 0 Å². The van der Waals surface area contributed by atoms with E-state index in [1.165, 1.54) is 0 Å². The molecule has 0 nitrogen and oxygen atoms in total. The topological polar surface area (TPSA) is 0 Å². The van der Waals surface area contributed by atoms with Crippen LogP contribution in [0.2, 0.25) is 0 Å². The maximum absolute atomic E-state index is 0. The first-order valence-corrected chi connectivity index (χ1v) is 0. The van der Waals surface area contributed by atoms with Crippen molar-refractivity contribution in [1.29, 1.82) is 0 Å². The molecule has 0 aromatic heterocycles. The maximum Gasteiger partial charge on any atom is 3.00 e. The average molecular weight is 278 g/mol. The fourth-order valence-electron chi connectivity index (χ4n) is 0. The van der Waals surface area contributed by atoms with Gasteiger partial charge in [0.2, 0.25) is 0 Å². The monoisotopic (exact) mass is 277 g/mol. The minimum absolute atomic E-state index is 0. The molecule has 45 valence electrons. The second kappa shape index (κ2) is 56.8. The quantitative estimate of drug-likeness (QED) is 0.305. The molecule has 0 fully saturated rings. The fraction of sp³-hybridized carbons (Fsp3) is 0. The Hall–Kier alpha value is 2.21. The van der Waals surface area contributed by atoms with Crippen LogP contribution in [-0.2, 0) is 19.5 Å². The van der Waals surface area contributed by atoms with E-state index in [4.69, 9.17) is 0 Å². The van der Waals surface area contributed by atoms with Crippen molar-refractivity contribution in [3.63, 3.8) is 0 Å². The van der Waals surface area contributed by atoms with Crippen molar-refractivity contribution in [2.75, 3.05) is 0 Å². The molecule has 0 spiro atoms. The van der Waals surface area contributed by atoms with Gasteiger partial charge in [0.15, 0.2) is 0 Å². The Morgan fingerprint density at radius 1 is 0.500 bits per heavy atom. The molecule has 1 radical (unpaired) electrons. The average Bonchev–Trinajstić information content (AvgIpc) is 0. The molecule has 1 atom stereocenters. The molecule has 0 rings (SSSR count). The molecule has 0 heterocycles. The first kappa shape index (κ1) is 87.2. The second-order valence-corrected chi connectivity index (χ2v) is 0. The SMILES string of the molecule is [Cl-].[Cl-].[Cl-].[Cl-].[PH4+].[Ru+3]. The zero-order valence-corrected chi connectivity index (χ0v) is 9.63. The summed E-state index contributed by atoms with van der Waals surface area (Å²) in [6, 6.07) is 0. The Balaban J connectivity index is 0. The van der Waals surface area contributed by atoms with E-state index < -0.39 is 0 Å². The zero-order chi connectivity index (χ0) is 0. The van der Waals surface area contributed by atoms with Gasteiger partial charge in [0.1, 0.15) is 0 Å². The minimum Gasteiger partial charge on any atom is -1.00 e. The van der Waals surface area contributed by atoms with Crippen molar-refractivity contribution in [2.45, 2.75) is 0 Å². The van der Waals surface area contributed by atoms with E-state index in [1.807, 2.05) is 0 Å². The van der Waals surface area contributed by atoms with Gasteiger partial charge < -0.3 is 49.6 Å². The smallest absolute Gasteiger partial charge is 1.00 e. The third kappa shape index (κ3) is 34.5. The molecule has 0 aliphatic rings. The number of rotatable bonds is 0. The Morgan fingerprint density at radius 3 is 0.500 bits per heavy atom. The van der Waals surface area contributed by atoms with Crippen molar-refractivity contribution in [2.24, 2.45) is 0 Å². The summed E-state index contributed by atoms with van der Waals surface area (Å²) in [5.41, 5.74) is 0. The fourth-order valence-corrected chi connectivity index (χ4v) is 0. The van der Waals surface area contributed by atoms with E-state index in [0.29, 0.717) is 0 Å². The van der Waals surface area contributed by atoms with Crippen molar-refractivity contribution in [3.8, 4) is 0 Å². The molecule has 0 aliphatic carbocycles. The van der Waals surface area contributed by atoms with Gasteiger partial charge in [-0.1, -0.05) is 0 Å². The molecule has 1 unspecified atom stereocenters. The van der Waals surface area contributed by atoms with E-state index in [1.54, 1.807) is 0 Å². The second-order valence-electron chi connectivity index (χ2n) is 0. The van der Waals surface area contributed by atoms with Crippen molar-refractivity contribution in [1.82, 2.24) is 0 Å². The van der Waals surface area contributed by atoms with Crippen LogP contribution >= 0.6 is 9.90 Å². The summed E-state index contributed by atoms with van der Waals surface area (Å²) in [6.45, 7) is 0. The van der Waals surface area contributed by atoms with Crippen LogP contribution in [0.5, 0.6) is 0 Å². The molecular weight excluding hydrogens is 274 g/mol. The minimum atomic E-state index is 0. The zero-order valence-electron chi connectivity index (χ0n) is 2.87. The predicted molar refractivity (Wildman–Crippen MR) is 12.5 cm³/mol. The molecular formula is H4Cl4PRu. The summed E-state index contributed by atoms with van der Waals surface area (Å²) < 4.78 is 0. The summed E-state index contributed by atoms with van der Waals surface area (Å²) in [4.78, 5) is 0. The molecule has 6 heavy (non-hydrogen) atoms. The Labute approximate surface area is 78.6 Å². The standard InChI is InChI=1S/4ClH.H3P.Ru/h4*1H;1H3;/q;;;;;+3/p-3. The Kier molecular flexibility index (Phi) is 826. The third-order valence-corrected chi connectivity index (χ3v) is 0. The van der Waals surface area contributed by atoms with Crippen LogP contribution in [0.15, 0.2) is 0 Å². The van der Waals surface area contributed by atoms with E-state index in [2.05, 4.69) is 0 Å². The van der Waals surface area contributed by atoms with E-state index >= 15 is 0 Å². The molecule has 0 N–H and O–H groups in total. The van der Waals surface area contributed by atoms with Gasteiger partial charge in [0.05, 0.1) is 0 Å². The largest absolute Gasteiger partial charge is 3.00 e. The van der Waals surface area contributed by atoms with Crippen molar-refractivity contribution in [3.05, 3.63) is 0 Å². The number of halogens is 4. The Morgan fingerprint density at radius 2 is 0.500 bits per heavy atom. The van der Waals surface area contributed by atoms with Gasteiger partial charge in [-0.2, -0.15) is 0 Å². The summed E-state index contributed by atoms with van der Waals surface area (Å²) in [5.74, 6) is 0. The summed E-state index contributed by atoms with van der Waals surface area (Å²) in [6.07, 6.45) is 0. The van der Waals surface area contributed by atoms with E-state index in [9.17, 15) is 0 Å². The molecule has 0 aromatic carbocycles. The van der Waals surface area contributed by atoms with Gasteiger partial charge in [-0.15, -0.1) is 0 Å². The summed E-state index contributed by atoms with van der Waals surface area (Å²) >= 11 is 0. The molecule has 0 bridgehead atoms. The first-order valence-electron chi connectivity index (χ1n) is 0. The molecule has 0 aliphatic heterocycles. The van der Waals surface area contributed by atoms with Gasteiger partial charge in [-0.05, 0) is 9.90 Å². The van der Waals surface area contributed by atoms with Gasteiger partial charge in [0.25, 0.3) is 0 Å². The van der Waals surface area contributed by atoms with Crippen LogP contribution in [0, 0.1) is 0 Å². The van der Waals surface area contributed by atoms with Gasteiger partial charge in [-0.25, -0.2) is 0 Å². The molecule has 0 aromatic rings. The van der Waals surface area contributed by atoms with Gasteiger partial charge in [-0.3, -0.25) is 0 Å². The number of hydrogen-bond donors (Lipinski definition) is 0. The Bertz CT molecular complexity index is 7.51. The molecule has 0 amide bonds. The van der Waals surface area contributed by atoms with E-state index in [-0.39, 0.29) is 79.0 Å². The molecule has 0 saturated carbocycles. The van der Waals surface area contributed by atoms with Crippen molar-refractivity contribution < 1.29 is 69.1 Å². The van der Waals surface area contributed by atoms with Crippen LogP contribution in [0.3, 0.4) is 0 Å². The third-order valence-electron chi connectivity index (χ3n) is 0. The van der Waals surface area contributed by atoms with Crippen LogP contribution in [0.25, 0.3) is 0 Å². The first-order chi connectivity index (χ1) is 0. The van der Waals surface area contributed by atoms with Crippen LogP contribution in [0.1, 0.15) is 0 Å². The van der Waals surface area contributed by atoms with Gasteiger partial charge >= 0.3 is 19.5 Å². The summed E-state index contributed by atoms with van der Waals surface area (Å²) in [5, 5.41) is 0. The maximum atomic E-state index is 0. The molecule has 0 saturated heterocycles. The number of hydrogen-bond acceptors (Lipinski definition) is 0. The normalized spacial score (nSPS) is 0. The van der Waals surface area contributed by atoms with Gasteiger partial charge in [0, 0.05) is 0 Å². The molecule has 6 heteroatoms.